The second kappa shape index (κ2) is 4.56. The molecular formula is C13H11N5O. The molecule has 1 aliphatic rings. The molecule has 0 N–H and O–H groups in total. The Balaban J connectivity index is 2.06. The molecule has 1 atom stereocenters. The monoisotopic (exact) mass is 253 g/mol. The van der Waals surface area contributed by atoms with Crippen molar-refractivity contribution in [2.24, 2.45) is 10.2 Å². The number of ketones is 1. The molecule has 94 valence electrons. The van der Waals surface area contributed by atoms with Gasteiger partial charge in [-0.1, -0.05) is 0 Å². The molecule has 3 rings (SSSR count). The average Bonchev–Trinajstić information content (AvgIpc) is 2.88. The second-order valence-electron chi connectivity index (χ2n) is 4.17. The minimum absolute atomic E-state index is 0.0949. The molecule has 0 saturated carbocycles. The third-order valence-corrected chi connectivity index (χ3v) is 2.83. The molecular weight excluding hydrogens is 242 g/mol. The highest BCUT2D eigenvalue weighted by Gasteiger charge is 2.24. The number of carbonyl (C=O) groups excluding carboxylic acids is 1. The first-order valence-electron chi connectivity index (χ1n) is 5.83. The zero-order valence-corrected chi connectivity index (χ0v) is 10.3. The van der Waals surface area contributed by atoms with Gasteiger partial charge in [0.15, 0.2) is 11.8 Å². The van der Waals surface area contributed by atoms with Crippen LogP contribution in [0.5, 0.6) is 0 Å². The normalized spacial score (nSPS) is 17.9. The van der Waals surface area contributed by atoms with E-state index in [1.54, 1.807) is 23.1 Å². The molecule has 0 aliphatic carbocycles. The van der Waals surface area contributed by atoms with E-state index < -0.39 is 6.04 Å². The third kappa shape index (κ3) is 2.08. The molecule has 0 aromatic carbocycles. The first kappa shape index (κ1) is 11.5. The zero-order chi connectivity index (χ0) is 13.2. The third-order valence-electron chi connectivity index (χ3n) is 2.83. The van der Waals surface area contributed by atoms with E-state index in [2.05, 4.69) is 20.3 Å². The maximum atomic E-state index is 11.8. The summed E-state index contributed by atoms with van der Waals surface area (Å²) in [5.74, 6) is -0.0949. The number of nitrogens with zero attached hydrogens (tertiary/aromatic N) is 5. The van der Waals surface area contributed by atoms with Gasteiger partial charge in [-0.2, -0.15) is 15.3 Å². The van der Waals surface area contributed by atoms with Crippen molar-refractivity contribution in [3.8, 4) is 5.69 Å². The predicted octanol–water partition coefficient (Wildman–Crippen LogP) is 2.17. The van der Waals surface area contributed by atoms with E-state index in [9.17, 15) is 4.79 Å². The minimum atomic E-state index is -0.624. The minimum Gasteiger partial charge on any atom is -0.292 e. The van der Waals surface area contributed by atoms with Crippen molar-refractivity contribution in [1.29, 1.82) is 0 Å². The quantitative estimate of drug-likeness (QED) is 0.823. The average molecular weight is 253 g/mol. The van der Waals surface area contributed by atoms with Crippen molar-refractivity contribution < 1.29 is 4.79 Å². The highest BCUT2D eigenvalue weighted by molar-refractivity contribution is 5.95. The van der Waals surface area contributed by atoms with Gasteiger partial charge in [-0.3, -0.25) is 9.78 Å². The molecule has 6 heteroatoms. The first-order valence-corrected chi connectivity index (χ1v) is 5.83. The molecule has 0 amide bonds. The topological polar surface area (TPSA) is 72.5 Å². The number of aromatic nitrogens is 3. The number of hydrogen-bond acceptors (Lipinski definition) is 5. The predicted molar refractivity (Wildman–Crippen MR) is 67.8 cm³/mol. The van der Waals surface area contributed by atoms with E-state index in [-0.39, 0.29) is 5.78 Å². The Morgan fingerprint density at radius 1 is 1.26 bits per heavy atom. The fourth-order valence-corrected chi connectivity index (χ4v) is 1.96. The molecule has 0 radical (unpaired) electrons. The van der Waals surface area contributed by atoms with Gasteiger partial charge in [0.1, 0.15) is 0 Å². The molecule has 2 aromatic rings. The standard InChI is InChI=1S/C13H11N5O/c1-9-8-10(2-5-14-9)18-11(3-7-16-18)13-12(19)4-6-15-17-13/h2-8,13H,1H3. The molecule has 19 heavy (non-hydrogen) atoms. The molecule has 1 unspecified atom stereocenters. The maximum absolute atomic E-state index is 11.8. The molecule has 0 bridgehead atoms. The summed E-state index contributed by atoms with van der Waals surface area (Å²) in [5, 5.41) is 12.0. The van der Waals surface area contributed by atoms with Gasteiger partial charge in [0.2, 0.25) is 0 Å². The highest BCUT2D eigenvalue weighted by atomic mass is 16.1. The van der Waals surface area contributed by atoms with Crippen LogP contribution in [0.15, 0.2) is 53.1 Å². The van der Waals surface area contributed by atoms with Crippen LogP contribution < -0.4 is 0 Å². The van der Waals surface area contributed by atoms with Crippen LogP contribution in [0.2, 0.25) is 0 Å². The van der Waals surface area contributed by atoms with Crippen molar-refractivity contribution in [1.82, 2.24) is 14.8 Å². The Hall–Kier alpha value is -2.63. The molecule has 1 aliphatic heterocycles. The molecule has 0 saturated heterocycles. The van der Waals surface area contributed by atoms with Crippen LogP contribution in [0.4, 0.5) is 0 Å². The van der Waals surface area contributed by atoms with Crippen molar-refractivity contribution in [3.05, 3.63) is 54.3 Å². The van der Waals surface area contributed by atoms with Crippen molar-refractivity contribution in [2.75, 3.05) is 0 Å². The van der Waals surface area contributed by atoms with Gasteiger partial charge in [0, 0.05) is 24.2 Å². The van der Waals surface area contributed by atoms with Crippen LogP contribution in [0.25, 0.3) is 5.69 Å². The number of aryl methyl sites for hydroxylation is 1. The lowest BCUT2D eigenvalue weighted by Crippen LogP contribution is -2.14. The Labute approximate surface area is 109 Å². The van der Waals surface area contributed by atoms with Crippen LogP contribution in [0, 0.1) is 6.92 Å². The van der Waals surface area contributed by atoms with Gasteiger partial charge in [0.25, 0.3) is 0 Å². The van der Waals surface area contributed by atoms with Gasteiger partial charge < -0.3 is 0 Å². The second-order valence-corrected chi connectivity index (χ2v) is 4.17. The smallest absolute Gasteiger partial charge is 0.189 e. The van der Waals surface area contributed by atoms with Crippen LogP contribution in [0.3, 0.4) is 0 Å². The van der Waals surface area contributed by atoms with Gasteiger partial charge in [0.05, 0.1) is 17.6 Å². The van der Waals surface area contributed by atoms with Gasteiger partial charge in [-0.15, -0.1) is 0 Å². The van der Waals surface area contributed by atoms with Crippen LogP contribution in [-0.2, 0) is 4.79 Å². The van der Waals surface area contributed by atoms with Crippen molar-refractivity contribution in [3.63, 3.8) is 0 Å². The Morgan fingerprint density at radius 3 is 2.95 bits per heavy atom. The summed E-state index contributed by atoms with van der Waals surface area (Å²) in [5.41, 5.74) is 2.43. The summed E-state index contributed by atoms with van der Waals surface area (Å²) >= 11 is 0. The lowest BCUT2D eigenvalue weighted by molar-refractivity contribution is -0.116. The molecule has 2 aromatic heterocycles. The number of hydrogen-bond donors (Lipinski definition) is 0. The number of pyridine rings is 1. The summed E-state index contributed by atoms with van der Waals surface area (Å²) in [6, 6.07) is 4.89. The fourth-order valence-electron chi connectivity index (χ4n) is 1.96. The highest BCUT2D eigenvalue weighted by Crippen LogP contribution is 2.24. The van der Waals surface area contributed by atoms with E-state index >= 15 is 0 Å². The van der Waals surface area contributed by atoms with E-state index in [0.29, 0.717) is 5.69 Å². The van der Waals surface area contributed by atoms with Crippen molar-refractivity contribution >= 4 is 5.78 Å². The number of azo groups is 1. The number of rotatable bonds is 2. The Bertz CT molecular complexity index is 686. The Kier molecular flexibility index (Phi) is 2.75. The van der Waals surface area contributed by atoms with Gasteiger partial charge in [-0.05, 0) is 25.1 Å². The largest absolute Gasteiger partial charge is 0.292 e. The van der Waals surface area contributed by atoms with Crippen molar-refractivity contribution in [2.45, 2.75) is 13.0 Å². The van der Waals surface area contributed by atoms with E-state index in [0.717, 1.165) is 11.4 Å². The van der Waals surface area contributed by atoms with Gasteiger partial charge in [-0.25, -0.2) is 4.68 Å². The summed E-state index contributed by atoms with van der Waals surface area (Å²) in [7, 11) is 0. The van der Waals surface area contributed by atoms with E-state index in [1.165, 1.54) is 12.3 Å². The molecule has 0 fully saturated rings. The molecule has 0 spiro atoms. The van der Waals surface area contributed by atoms with E-state index in [1.807, 2.05) is 19.1 Å². The summed E-state index contributed by atoms with van der Waals surface area (Å²) in [4.78, 5) is 16.0. The lowest BCUT2D eigenvalue weighted by Gasteiger charge is -2.13. The summed E-state index contributed by atoms with van der Waals surface area (Å²) < 4.78 is 1.69. The zero-order valence-electron chi connectivity index (χ0n) is 10.3. The summed E-state index contributed by atoms with van der Waals surface area (Å²) in [6.45, 7) is 1.90. The molecule has 6 nitrogen and oxygen atoms in total. The van der Waals surface area contributed by atoms with Gasteiger partial charge >= 0.3 is 0 Å². The Morgan fingerprint density at radius 2 is 2.16 bits per heavy atom. The number of carbonyl (C=O) groups is 1. The maximum Gasteiger partial charge on any atom is 0.189 e. The summed E-state index contributed by atoms with van der Waals surface area (Å²) in [6.07, 6.45) is 6.18. The SMILES string of the molecule is Cc1cc(-n2nccc2C2N=NC=CC2=O)ccn1. The van der Waals surface area contributed by atoms with E-state index in [4.69, 9.17) is 0 Å². The fraction of sp³-hybridized carbons (Fsp3) is 0.154. The lowest BCUT2D eigenvalue weighted by atomic mass is 10.1. The first-order chi connectivity index (χ1) is 9.25. The van der Waals surface area contributed by atoms with Crippen LogP contribution >= 0.6 is 0 Å². The molecule has 3 heterocycles. The van der Waals surface area contributed by atoms with Crippen LogP contribution in [0.1, 0.15) is 17.4 Å². The van der Waals surface area contributed by atoms with Crippen LogP contribution in [-0.4, -0.2) is 20.5 Å².